The number of aryl methyl sites for hydroxylation is 1. The molecule has 6 nitrogen and oxygen atoms in total. The van der Waals surface area contributed by atoms with E-state index in [0.29, 0.717) is 16.1 Å². The minimum absolute atomic E-state index is 0.123. The molecule has 1 amide bonds. The summed E-state index contributed by atoms with van der Waals surface area (Å²) in [6.45, 7) is 0.255. The first-order valence-electron chi connectivity index (χ1n) is 10.9. The van der Waals surface area contributed by atoms with Gasteiger partial charge in [-0.25, -0.2) is 8.42 Å². The number of sulfonamides is 1. The number of nitriles is 1. The molecule has 1 aliphatic carbocycles. The van der Waals surface area contributed by atoms with Crippen molar-refractivity contribution in [3.8, 4) is 6.07 Å². The highest BCUT2D eigenvalue weighted by atomic mass is 32.2. The zero-order valence-electron chi connectivity index (χ0n) is 18.4. The molecule has 0 radical (unpaired) electrons. The summed E-state index contributed by atoms with van der Waals surface area (Å²) in [6, 6.07) is 17.5. The van der Waals surface area contributed by atoms with Crippen LogP contribution >= 0.6 is 11.3 Å². The first kappa shape index (κ1) is 23.2. The normalized spacial score (nSPS) is 13.7. The highest BCUT2D eigenvalue weighted by Crippen LogP contribution is 2.37. The van der Waals surface area contributed by atoms with E-state index in [1.165, 1.54) is 51.8 Å². The summed E-state index contributed by atoms with van der Waals surface area (Å²) >= 11 is 1.48. The summed E-state index contributed by atoms with van der Waals surface area (Å²) in [4.78, 5) is 14.1. The second-order valence-electron chi connectivity index (χ2n) is 8.11. The molecule has 1 aromatic heterocycles. The molecule has 0 bridgehead atoms. The maximum atomic E-state index is 12.9. The van der Waals surface area contributed by atoms with Crippen LogP contribution in [0.4, 0.5) is 5.00 Å². The van der Waals surface area contributed by atoms with Crippen molar-refractivity contribution in [3.05, 3.63) is 81.7 Å². The smallest absolute Gasteiger partial charge is 0.256 e. The second-order valence-corrected chi connectivity index (χ2v) is 11.3. The summed E-state index contributed by atoms with van der Waals surface area (Å²) in [5, 5.41) is 13.1. The van der Waals surface area contributed by atoms with Crippen LogP contribution in [0.3, 0.4) is 0 Å². The van der Waals surface area contributed by atoms with E-state index < -0.39 is 10.0 Å². The van der Waals surface area contributed by atoms with Gasteiger partial charge in [-0.2, -0.15) is 9.57 Å². The lowest BCUT2D eigenvalue weighted by Crippen LogP contribution is -2.26. The molecular weight excluding hydrogens is 454 g/mol. The van der Waals surface area contributed by atoms with Gasteiger partial charge in [-0.1, -0.05) is 36.8 Å². The number of hydrogen-bond donors (Lipinski definition) is 1. The van der Waals surface area contributed by atoms with Crippen LogP contribution in [-0.4, -0.2) is 25.7 Å². The van der Waals surface area contributed by atoms with Crippen LogP contribution < -0.4 is 5.32 Å². The Morgan fingerprint density at radius 3 is 2.45 bits per heavy atom. The second kappa shape index (κ2) is 9.87. The summed E-state index contributed by atoms with van der Waals surface area (Å²) in [5.41, 5.74) is 2.86. The fourth-order valence-electron chi connectivity index (χ4n) is 4.01. The van der Waals surface area contributed by atoms with E-state index in [2.05, 4.69) is 11.4 Å². The topological polar surface area (TPSA) is 90.3 Å². The Balaban J connectivity index is 1.49. The van der Waals surface area contributed by atoms with Gasteiger partial charge in [-0.15, -0.1) is 11.3 Å². The fraction of sp³-hybridized carbons (Fsp3) is 0.280. The highest BCUT2D eigenvalue weighted by molar-refractivity contribution is 7.89. The van der Waals surface area contributed by atoms with Crippen LogP contribution in [0.5, 0.6) is 0 Å². The van der Waals surface area contributed by atoms with E-state index in [1.54, 1.807) is 0 Å². The van der Waals surface area contributed by atoms with Crippen molar-refractivity contribution in [3.63, 3.8) is 0 Å². The first-order valence-corrected chi connectivity index (χ1v) is 13.1. The van der Waals surface area contributed by atoms with E-state index in [9.17, 15) is 18.5 Å². The largest absolute Gasteiger partial charge is 0.312 e. The van der Waals surface area contributed by atoms with E-state index >= 15 is 0 Å². The third kappa shape index (κ3) is 5.01. The van der Waals surface area contributed by atoms with Crippen LogP contribution in [-0.2, 0) is 29.4 Å². The number of carbonyl (C=O) groups is 1. The van der Waals surface area contributed by atoms with Crippen molar-refractivity contribution >= 4 is 32.3 Å². The molecule has 0 aliphatic heterocycles. The Morgan fingerprint density at radius 1 is 1.06 bits per heavy atom. The quantitative estimate of drug-likeness (QED) is 0.506. The van der Waals surface area contributed by atoms with Gasteiger partial charge in [0.2, 0.25) is 10.0 Å². The molecule has 0 saturated carbocycles. The number of thiophene rings is 1. The van der Waals surface area contributed by atoms with Gasteiger partial charge in [-0.05, 0) is 61.1 Å². The lowest BCUT2D eigenvalue weighted by Gasteiger charge is -2.17. The molecule has 3 aromatic rings. The van der Waals surface area contributed by atoms with Crippen molar-refractivity contribution in [1.82, 2.24) is 4.31 Å². The Bertz CT molecular complexity index is 1290. The third-order valence-electron chi connectivity index (χ3n) is 5.83. The van der Waals surface area contributed by atoms with Crippen LogP contribution in [0, 0.1) is 11.3 Å². The molecule has 8 heteroatoms. The van der Waals surface area contributed by atoms with Gasteiger partial charge >= 0.3 is 0 Å². The molecule has 0 fully saturated rings. The molecule has 170 valence electrons. The summed E-state index contributed by atoms with van der Waals surface area (Å²) in [6.07, 6.45) is 5.12. The third-order valence-corrected chi connectivity index (χ3v) is 8.86. The number of fused-ring (bicyclic) bond motifs is 1. The predicted molar refractivity (Wildman–Crippen MR) is 130 cm³/mol. The summed E-state index contributed by atoms with van der Waals surface area (Å²) in [5.74, 6) is -0.357. The maximum Gasteiger partial charge on any atom is 0.256 e. The molecule has 4 rings (SSSR count). The lowest BCUT2D eigenvalue weighted by molar-refractivity contribution is 0.102. The first-order chi connectivity index (χ1) is 15.9. The minimum atomic E-state index is -3.69. The van der Waals surface area contributed by atoms with Crippen LogP contribution in [0.2, 0.25) is 0 Å². The van der Waals surface area contributed by atoms with Crippen LogP contribution in [0.25, 0.3) is 0 Å². The van der Waals surface area contributed by atoms with Gasteiger partial charge in [0.05, 0.1) is 10.5 Å². The molecule has 0 saturated heterocycles. The number of anilines is 1. The molecule has 0 spiro atoms. The Hall–Kier alpha value is -2.99. The minimum Gasteiger partial charge on any atom is -0.312 e. The Morgan fingerprint density at radius 2 is 1.76 bits per heavy atom. The van der Waals surface area contributed by atoms with Gasteiger partial charge in [0.1, 0.15) is 11.1 Å². The van der Waals surface area contributed by atoms with Gasteiger partial charge in [0.15, 0.2) is 0 Å². The van der Waals surface area contributed by atoms with Crippen molar-refractivity contribution in [2.45, 2.75) is 43.5 Å². The monoisotopic (exact) mass is 479 g/mol. The molecule has 1 heterocycles. The molecule has 33 heavy (non-hydrogen) atoms. The van der Waals surface area contributed by atoms with E-state index in [1.807, 2.05) is 30.3 Å². The molecule has 2 aromatic carbocycles. The SMILES string of the molecule is CN(Cc1ccccc1)S(=O)(=O)c1ccc(C(=O)Nc2sc3c(c2C#N)CCCCC3)cc1. The Kier molecular flexibility index (Phi) is 6.94. The Labute approximate surface area is 198 Å². The standard InChI is InChI=1S/C25H25N3O3S2/c1-28(17-18-8-4-2-5-9-18)33(30,31)20-14-12-19(13-15-20)24(29)27-25-22(16-26)21-10-6-3-7-11-23(21)32-25/h2,4-5,8-9,12-15H,3,6-7,10-11,17H2,1H3,(H,27,29). The molecule has 0 atom stereocenters. The molecule has 0 unspecified atom stereocenters. The summed E-state index contributed by atoms with van der Waals surface area (Å²) in [7, 11) is -2.16. The number of nitrogens with zero attached hydrogens (tertiary/aromatic N) is 2. The zero-order valence-corrected chi connectivity index (χ0v) is 20.0. The molecule has 1 N–H and O–H groups in total. The fourth-order valence-corrected chi connectivity index (χ4v) is 6.40. The number of amides is 1. The van der Waals surface area contributed by atoms with E-state index in [4.69, 9.17) is 0 Å². The van der Waals surface area contributed by atoms with Crippen LogP contribution in [0.15, 0.2) is 59.5 Å². The van der Waals surface area contributed by atoms with Gasteiger partial charge in [0.25, 0.3) is 5.91 Å². The van der Waals surface area contributed by atoms with Crippen molar-refractivity contribution in [2.75, 3.05) is 12.4 Å². The summed E-state index contributed by atoms with van der Waals surface area (Å²) < 4.78 is 27.1. The number of benzene rings is 2. The lowest BCUT2D eigenvalue weighted by atomic mass is 10.1. The average molecular weight is 480 g/mol. The van der Waals surface area contributed by atoms with E-state index in [0.717, 1.165) is 43.2 Å². The predicted octanol–water partition coefficient (Wildman–Crippen LogP) is 4.96. The zero-order chi connectivity index (χ0) is 23.4. The van der Waals surface area contributed by atoms with Crippen molar-refractivity contribution in [2.24, 2.45) is 0 Å². The molecule has 1 aliphatic rings. The average Bonchev–Trinajstić information content (AvgIpc) is 2.98. The number of nitrogens with one attached hydrogen (secondary N) is 1. The van der Waals surface area contributed by atoms with Crippen molar-refractivity contribution < 1.29 is 13.2 Å². The van der Waals surface area contributed by atoms with Gasteiger partial charge < -0.3 is 5.32 Å². The number of rotatable bonds is 6. The van der Waals surface area contributed by atoms with Gasteiger partial charge in [0, 0.05) is 24.0 Å². The van der Waals surface area contributed by atoms with E-state index in [-0.39, 0.29) is 17.3 Å². The van der Waals surface area contributed by atoms with Gasteiger partial charge in [-0.3, -0.25) is 4.79 Å². The highest BCUT2D eigenvalue weighted by Gasteiger charge is 2.23. The van der Waals surface area contributed by atoms with Crippen molar-refractivity contribution in [1.29, 1.82) is 5.26 Å². The van der Waals surface area contributed by atoms with Crippen LogP contribution in [0.1, 0.15) is 51.2 Å². The molecular formula is C25H25N3O3S2. The maximum absolute atomic E-state index is 12.9. The number of carbonyl (C=O) groups excluding carboxylic acids is 1. The number of hydrogen-bond acceptors (Lipinski definition) is 5.